The smallest absolute Gasteiger partial charge is 0.238 e. The Morgan fingerprint density at radius 2 is 1.92 bits per heavy atom. The molecule has 6 heteroatoms. The molecule has 1 aliphatic rings. The van der Waals surface area contributed by atoms with Gasteiger partial charge in [-0.2, -0.15) is 0 Å². The second-order valence-electron chi connectivity index (χ2n) is 6.09. The van der Waals surface area contributed by atoms with Crippen molar-refractivity contribution in [1.29, 1.82) is 0 Å². The number of carbonyl (C=O) groups is 2. The lowest BCUT2D eigenvalue weighted by atomic mass is 10.1. The zero-order valence-corrected chi connectivity index (χ0v) is 13.6. The average Bonchev–Trinajstić information content (AvgIpc) is 3.02. The van der Waals surface area contributed by atoms with E-state index in [1.54, 1.807) is 0 Å². The van der Waals surface area contributed by atoms with Gasteiger partial charge in [-0.1, -0.05) is 36.4 Å². The Morgan fingerprint density at radius 3 is 2.71 bits per heavy atom. The molecule has 2 aromatic carbocycles. The molecule has 24 heavy (non-hydrogen) atoms. The molecule has 0 bridgehead atoms. The minimum atomic E-state index is -0.235. The minimum absolute atomic E-state index is 0.0789. The molecule has 1 heterocycles. The van der Waals surface area contributed by atoms with Gasteiger partial charge in [0.1, 0.15) is 6.04 Å². The highest BCUT2D eigenvalue weighted by Gasteiger charge is 2.26. The first-order chi connectivity index (χ1) is 11.6. The Hall–Kier alpha value is -2.44. The third-order valence-corrected chi connectivity index (χ3v) is 4.12. The molecule has 126 valence electrons. The number of amides is 2. The molecule has 2 amide bonds. The number of hydrazine groups is 1. The Morgan fingerprint density at radius 1 is 1.12 bits per heavy atom. The van der Waals surface area contributed by atoms with E-state index in [1.165, 1.54) is 0 Å². The summed E-state index contributed by atoms with van der Waals surface area (Å²) in [5.74, 6) is -0.192. The van der Waals surface area contributed by atoms with Crippen molar-refractivity contribution >= 4 is 28.3 Å². The Balaban J connectivity index is 1.50. The third kappa shape index (κ3) is 3.90. The second-order valence-corrected chi connectivity index (χ2v) is 6.09. The lowest BCUT2D eigenvalue weighted by molar-refractivity contribution is -0.123. The van der Waals surface area contributed by atoms with E-state index in [0.29, 0.717) is 6.54 Å². The summed E-state index contributed by atoms with van der Waals surface area (Å²) in [6.07, 6.45) is 0.985. The zero-order valence-electron chi connectivity index (χ0n) is 13.6. The second kappa shape index (κ2) is 7.42. The molecule has 3 rings (SSSR count). The van der Waals surface area contributed by atoms with Gasteiger partial charge in [0.25, 0.3) is 0 Å². The van der Waals surface area contributed by atoms with E-state index in [2.05, 4.69) is 21.5 Å². The summed E-state index contributed by atoms with van der Waals surface area (Å²) in [6, 6.07) is 13.7. The van der Waals surface area contributed by atoms with Crippen molar-refractivity contribution in [3.05, 3.63) is 42.5 Å². The Bertz CT molecular complexity index is 741. The van der Waals surface area contributed by atoms with Gasteiger partial charge in [0.15, 0.2) is 0 Å². The SMILES string of the molecule is CC1CC(C(=O)NCCC(=O)Nc2cccc3ccccc23)NN1. The van der Waals surface area contributed by atoms with E-state index in [4.69, 9.17) is 0 Å². The molecule has 0 aliphatic carbocycles. The van der Waals surface area contributed by atoms with Crippen LogP contribution in [0.2, 0.25) is 0 Å². The van der Waals surface area contributed by atoms with Crippen molar-refractivity contribution in [2.24, 2.45) is 0 Å². The van der Waals surface area contributed by atoms with Gasteiger partial charge in [0.05, 0.1) is 0 Å². The van der Waals surface area contributed by atoms with Crippen LogP contribution in [-0.2, 0) is 9.59 Å². The van der Waals surface area contributed by atoms with Gasteiger partial charge in [0, 0.05) is 30.1 Å². The molecule has 6 nitrogen and oxygen atoms in total. The summed E-state index contributed by atoms with van der Waals surface area (Å²) in [7, 11) is 0. The Kier molecular flexibility index (Phi) is 5.08. The van der Waals surface area contributed by atoms with E-state index < -0.39 is 0 Å². The van der Waals surface area contributed by atoms with Gasteiger partial charge in [0.2, 0.25) is 11.8 Å². The van der Waals surface area contributed by atoms with Crippen molar-refractivity contribution in [2.75, 3.05) is 11.9 Å². The fourth-order valence-electron chi connectivity index (χ4n) is 2.86. The van der Waals surface area contributed by atoms with Crippen LogP contribution in [0.3, 0.4) is 0 Å². The number of fused-ring (bicyclic) bond motifs is 1. The lowest BCUT2D eigenvalue weighted by Crippen LogP contribution is -2.44. The Labute approximate surface area is 141 Å². The van der Waals surface area contributed by atoms with Gasteiger partial charge in [-0.05, 0) is 24.8 Å². The van der Waals surface area contributed by atoms with Crippen molar-refractivity contribution in [3.63, 3.8) is 0 Å². The highest BCUT2D eigenvalue weighted by molar-refractivity contribution is 6.02. The normalized spacial score (nSPS) is 20.0. The molecule has 2 aromatic rings. The first-order valence-electron chi connectivity index (χ1n) is 8.20. The topological polar surface area (TPSA) is 82.3 Å². The summed E-state index contributed by atoms with van der Waals surface area (Å²) >= 11 is 0. The first kappa shape index (κ1) is 16.4. The lowest BCUT2D eigenvalue weighted by Gasteiger charge is -2.11. The number of benzene rings is 2. The monoisotopic (exact) mass is 326 g/mol. The van der Waals surface area contributed by atoms with Gasteiger partial charge in [-0.15, -0.1) is 0 Å². The summed E-state index contributed by atoms with van der Waals surface area (Å²) in [4.78, 5) is 24.1. The van der Waals surface area contributed by atoms with E-state index in [1.807, 2.05) is 49.4 Å². The fourth-order valence-corrected chi connectivity index (χ4v) is 2.86. The molecule has 1 aliphatic heterocycles. The van der Waals surface area contributed by atoms with Crippen LogP contribution in [-0.4, -0.2) is 30.4 Å². The number of carbonyl (C=O) groups excluding carboxylic acids is 2. The van der Waals surface area contributed by atoms with Crippen LogP contribution >= 0.6 is 0 Å². The van der Waals surface area contributed by atoms with Crippen molar-refractivity contribution < 1.29 is 9.59 Å². The standard InChI is InChI=1S/C18H22N4O2/c1-12-11-16(22-21-12)18(24)19-10-9-17(23)20-15-8-4-6-13-5-2-3-7-14(13)15/h2-8,12,16,21-22H,9-11H2,1H3,(H,19,24)(H,20,23). The number of hydrogen-bond donors (Lipinski definition) is 4. The quantitative estimate of drug-likeness (QED) is 0.672. The molecule has 1 fully saturated rings. The van der Waals surface area contributed by atoms with E-state index >= 15 is 0 Å². The molecular weight excluding hydrogens is 304 g/mol. The molecule has 1 saturated heterocycles. The van der Waals surface area contributed by atoms with Crippen molar-refractivity contribution in [2.45, 2.75) is 31.8 Å². The third-order valence-electron chi connectivity index (χ3n) is 4.12. The van der Waals surface area contributed by atoms with Crippen LogP contribution in [0.5, 0.6) is 0 Å². The molecule has 4 N–H and O–H groups in total. The maximum Gasteiger partial charge on any atom is 0.238 e. The molecule has 2 unspecified atom stereocenters. The molecule has 0 aromatic heterocycles. The number of anilines is 1. The zero-order chi connectivity index (χ0) is 16.9. The minimum Gasteiger partial charge on any atom is -0.354 e. The number of nitrogens with one attached hydrogen (secondary N) is 4. The molecular formula is C18H22N4O2. The average molecular weight is 326 g/mol. The van der Waals surface area contributed by atoms with Gasteiger partial charge in [-0.25, -0.2) is 5.43 Å². The molecule has 0 radical (unpaired) electrons. The highest BCUT2D eigenvalue weighted by Crippen LogP contribution is 2.22. The fraction of sp³-hybridized carbons (Fsp3) is 0.333. The van der Waals surface area contributed by atoms with Gasteiger partial charge < -0.3 is 10.6 Å². The van der Waals surface area contributed by atoms with Crippen LogP contribution in [0.25, 0.3) is 10.8 Å². The number of hydrogen-bond acceptors (Lipinski definition) is 4. The van der Waals surface area contributed by atoms with Gasteiger partial charge in [-0.3, -0.25) is 15.0 Å². The largest absolute Gasteiger partial charge is 0.354 e. The first-order valence-corrected chi connectivity index (χ1v) is 8.20. The summed E-state index contributed by atoms with van der Waals surface area (Å²) in [5.41, 5.74) is 6.74. The van der Waals surface area contributed by atoms with E-state index in [-0.39, 0.29) is 30.3 Å². The predicted molar refractivity (Wildman–Crippen MR) is 94.3 cm³/mol. The van der Waals surface area contributed by atoms with Crippen LogP contribution in [0.4, 0.5) is 5.69 Å². The van der Waals surface area contributed by atoms with Crippen LogP contribution in [0.15, 0.2) is 42.5 Å². The van der Waals surface area contributed by atoms with Crippen LogP contribution in [0, 0.1) is 0 Å². The molecule has 0 spiro atoms. The summed E-state index contributed by atoms with van der Waals surface area (Å²) in [5, 5.41) is 7.80. The highest BCUT2D eigenvalue weighted by atomic mass is 16.2. The maximum atomic E-state index is 12.1. The van der Waals surface area contributed by atoms with E-state index in [0.717, 1.165) is 22.9 Å². The van der Waals surface area contributed by atoms with E-state index in [9.17, 15) is 9.59 Å². The van der Waals surface area contributed by atoms with Crippen LogP contribution < -0.4 is 21.5 Å². The maximum absolute atomic E-state index is 12.1. The molecule has 2 atom stereocenters. The van der Waals surface area contributed by atoms with Crippen LogP contribution in [0.1, 0.15) is 19.8 Å². The summed E-state index contributed by atoms with van der Waals surface area (Å²) in [6.45, 7) is 2.33. The van der Waals surface area contributed by atoms with Gasteiger partial charge >= 0.3 is 0 Å². The van der Waals surface area contributed by atoms with Crippen molar-refractivity contribution in [3.8, 4) is 0 Å². The predicted octanol–water partition coefficient (Wildman–Crippen LogP) is 1.54. The number of rotatable bonds is 5. The van der Waals surface area contributed by atoms with Crippen molar-refractivity contribution in [1.82, 2.24) is 16.2 Å². The molecule has 0 saturated carbocycles. The summed E-state index contributed by atoms with van der Waals surface area (Å²) < 4.78 is 0.